The Balaban J connectivity index is 0.00000176. The molecule has 0 bridgehead atoms. The van der Waals surface area contributed by atoms with Crippen LogP contribution in [0.3, 0.4) is 0 Å². The first-order valence-electron chi connectivity index (χ1n) is 7.21. The molecule has 1 aliphatic heterocycles. The lowest BCUT2D eigenvalue weighted by Gasteiger charge is -2.25. The van der Waals surface area contributed by atoms with Gasteiger partial charge in [-0.2, -0.15) is 0 Å². The van der Waals surface area contributed by atoms with Crippen molar-refractivity contribution in [3.05, 3.63) is 65.0 Å². The average molecular weight is 318 g/mol. The lowest BCUT2D eigenvalue weighted by atomic mass is 9.95. The zero-order valence-electron chi connectivity index (χ0n) is 12.5. The minimum Gasteiger partial charge on any atom is -0.351 e. The third kappa shape index (κ3) is 3.64. The summed E-state index contributed by atoms with van der Waals surface area (Å²) < 4.78 is 0. The molecule has 1 unspecified atom stereocenters. The molecular weight excluding hydrogens is 298 g/mol. The second-order valence-electron chi connectivity index (χ2n) is 5.43. The molecule has 1 aliphatic rings. The molecule has 0 aliphatic carbocycles. The summed E-state index contributed by atoms with van der Waals surface area (Å²) in [5.74, 6) is 0.0562. The molecule has 5 heteroatoms. The number of hydrogen-bond donors (Lipinski definition) is 2. The third-order valence-electron chi connectivity index (χ3n) is 3.99. The van der Waals surface area contributed by atoms with Crippen molar-refractivity contribution in [1.29, 1.82) is 0 Å². The van der Waals surface area contributed by atoms with Gasteiger partial charge >= 0.3 is 0 Å². The van der Waals surface area contributed by atoms with Crippen LogP contribution in [0.4, 0.5) is 0 Å². The van der Waals surface area contributed by atoms with Gasteiger partial charge in [0.15, 0.2) is 0 Å². The van der Waals surface area contributed by atoms with Crippen molar-refractivity contribution in [1.82, 2.24) is 15.6 Å². The Labute approximate surface area is 136 Å². The summed E-state index contributed by atoms with van der Waals surface area (Å²) in [5, 5.41) is 6.31. The number of halogens is 1. The Morgan fingerprint density at radius 3 is 2.86 bits per heavy atom. The maximum Gasteiger partial charge on any atom is 0.237 e. The molecule has 0 spiro atoms. The molecule has 1 aromatic carbocycles. The minimum atomic E-state index is -0.151. The van der Waals surface area contributed by atoms with E-state index in [9.17, 15) is 4.79 Å². The fraction of sp³-hybridized carbons (Fsp3) is 0.294. The number of carbonyl (C=O) groups is 1. The number of pyridine rings is 1. The van der Waals surface area contributed by atoms with Crippen LogP contribution in [0.15, 0.2) is 42.7 Å². The highest BCUT2D eigenvalue weighted by Crippen LogP contribution is 2.16. The average Bonchev–Trinajstić information content (AvgIpc) is 2.53. The second-order valence-corrected chi connectivity index (χ2v) is 5.43. The number of amides is 1. The first-order chi connectivity index (χ1) is 10.2. The first kappa shape index (κ1) is 16.5. The van der Waals surface area contributed by atoms with Crippen molar-refractivity contribution >= 4 is 18.3 Å². The molecule has 2 heterocycles. The van der Waals surface area contributed by atoms with Crippen molar-refractivity contribution in [2.45, 2.75) is 32.5 Å². The number of aryl methyl sites for hydroxylation is 1. The predicted molar refractivity (Wildman–Crippen MR) is 88.8 cm³/mol. The highest BCUT2D eigenvalue weighted by atomic mass is 35.5. The van der Waals surface area contributed by atoms with E-state index in [1.807, 2.05) is 31.3 Å². The van der Waals surface area contributed by atoms with Gasteiger partial charge < -0.3 is 10.6 Å². The number of aromatic nitrogens is 1. The third-order valence-corrected chi connectivity index (χ3v) is 3.99. The van der Waals surface area contributed by atoms with Gasteiger partial charge in [0, 0.05) is 25.5 Å². The number of nitrogens with one attached hydrogen (secondary N) is 2. The summed E-state index contributed by atoms with van der Waals surface area (Å²) in [5.41, 5.74) is 4.75. The molecule has 3 rings (SSSR count). The maximum atomic E-state index is 12.3. The smallest absolute Gasteiger partial charge is 0.237 e. The van der Waals surface area contributed by atoms with Crippen LogP contribution in [0.2, 0.25) is 0 Å². The second kappa shape index (κ2) is 7.38. The van der Waals surface area contributed by atoms with E-state index in [1.165, 1.54) is 11.1 Å². The van der Waals surface area contributed by atoms with Crippen molar-refractivity contribution in [3.8, 4) is 0 Å². The highest BCUT2D eigenvalue weighted by Gasteiger charge is 2.23. The fourth-order valence-electron chi connectivity index (χ4n) is 2.65. The van der Waals surface area contributed by atoms with E-state index in [1.54, 1.807) is 6.20 Å². The van der Waals surface area contributed by atoms with E-state index >= 15 is 0 Å². The largest absolute Gasteiger partial charge is 0.351 e. The Morgan fingerprint density at radius 1 is 1.32 bits per heavy atom. The molecule has 2 N–H and O–H groups in total. The SMILES string of the molecule is Cc1cnccc1CNC(=O)C1Cc2ccccc2CN1.Cl. The summed E-state index contributed by atoms with van der Waals surface area (Å²) in [6.45, 7) is 3.30. The molecule has 116 valence electrons. The number of nitrogens with zero attached hydrogens (tertiary/aromatic N) is 1. The van der Waals surface area contributed by atoms with Gasteiger partial charge in [0.2, 0.25) is 5.91 Å². The van der Waals surface area contributed by atoms with Crippen LogP contribution < -0.4 is 10.6 Å². The van der Waals surface area contributed by atoms with Gasteiger partial charge in [-0.25, -0.2) is 0 Å². The first-order valence-corrected chi connectivity index (χ1v) is 7.21. The highest BCUT2D eigenvalue weighted by molar-refractivity contribution is 5.85. The lowest BCUT2D eigenvalue weighted by molar-refractivity contribution is -0.123. The fourth-order valence-corrected chi connectivity index (χ4v) is 2.65. The molecule has 0 fully saturated rings. The van der Waals surface area contributed by atoms with Gasteiger partial charge in [-0.15, -0.1) is 12.4 Å². The van der Waals surface area contributed by atoms with E-state index in [0.717, 1.165) is 24.1 Å². The van der Waals surface area contributed by atoms with E-state index in [2.05, 4.69) is 27.8 Å². The number of carbonyl (C=O) groups excluding carboxylic acids is 1. The number of rotatable bonds is 3. The van der Waals surface area contributed by atoms with Gasteiger partial charge in [-0.1, -0.05) is 24.3 Å². The van der Waals surface area contributed by atoms with Gasteiger partial charge in [-0.3, -0.25) is 9.78 Å². The molecular formula is C17H20ClN3O. The Hall–Kier alpha value is -1.91. The Bertz CT molecular complexity index is 660. The number of benzene rings is 1. The minimum absolute atomic E-state index is 0. The maximum absolute atomic E-state index is 12.3. The van der Waals surface area contributed by atoms with Crippen LogP contribution in [-0.2, 0) is 24.3 Å². The van der Waals surface area contributed by atoms with Gasteiger partial charge in [0.25, 0.3) is 0 Å². The molecule has 1 atom stereocenters. The summed E-state index contributed by atoms with van der Waals surface area (Å²) >= 11 is 0. The van der Waals surface area contributed by atoms with Crippen LogP contribution in [0, 0.1) is 6.92 Å². The van der Waals surface area contributed by atoms with Crippen molar-refractivity contribution in [2.75, 3.05) is 0 Å². The van der Waals surface area contributed by atoms with Crippen LogP contribution in [-0.4, -0.2) is 16.9 Å². The normalized spacial score (nSPS) is 16.3. The van der Waals surface area contributed by atoms with Gasteiger partial charge in [0.1, 0.15) is 0 Å². The molecule has 0 saturated carbocycles. The van der Waals surface area contributed by atoms with E-state index in [0.29, 0.717) is 6.54 Å². The zero-order valence-corrected chi connectivity index (χ0v) is 13.3. The van der Waals surface area contributed by atoms with Crippen LogP contribution in [0.1, 0.15) is 22.3 Å². The van der Waals surface area contributed by atoms with Crippen LogP contribution in [0.5, 0.6) is 0 Å². The Kier molecular flexibility index (Phi) is 5.52. The van der Waals surface area contributed by atoms with E-state index in [-0.39, 0.29) is 24.4 Å². The van der Waals surface area contributed by atoms with Crippen LogP contribution >= 0.6 is 12.4 Å². The van der Waals surface area contributed by atoms with Gasteiger partial charge in [-0.05, 0) is 41.7 Å². The number of hydrogen-bond acceptors (Lipinski definition) is 3. The summed E-state index contributed by atoms with van der Waals surface area (Å²) in [6.07, 6.45) is 4.32. The van der Waals surface area contributed by atoms with Crippen molar-refractivity contribution in [3.63, 3.8) is 0 Å². The lowest BCUT2D eigenvalue weighted by Crippen LogP contribution is -2.47. The Morgan fingerprint density at radius 2 is 2.09 bits per heavy atom. The molecule has 0 radical (unpaired) electrons. The molecule has 4 nitrogen and oxygen atoms in total. The topological polar surface area (TPSA) is 54.0 Å². The molecule has 1 amide bonds. The van der Waals surface area contributed by atoms with Crippen LogP contribution in [0.25, 0.3) is 0 Å². The number of fused-ring (bicyclic) bond motifs is 1. The summed E-state index contributed by atoms with van der Waals surface area (Å²) in [7, 11) is 0. The standard InChI is InChI=1S/C17H19N3O.ClH/c1-12-9-18-7-6-14(12)10-20-17(21)16-8-13-4-2-3-5-15(13)11-19-16;/h2-7,9,16,19H,8,10-11H2,1H3,(H,20,21);1H. The molecule has 22 heavy (non-hydrogen) atoms. The zero-order chi connectivity index (χ0) is 14.7. The quantitative estimate of drug-likeness (QED) is 0.912. The molecule has 0 saturated heterocycles. The van der Waals surface area contributed by atoms with E-state index < -0.39 is 0 Å². The predicted octanol–water partition coefficient (Wildman–Crippen LogP) is 2.14. The molecule has 1 aromatic heterocycles. The van der Waals surface area contributed by atoms with Gasteiger partial charge in [0.05, 0.1) is 6.04 Å². The summed E-state index contributed by atoms with van der Waals surface area (Å²) in [4.78, 5) is 16.4. The van der Waals surface area contributed by atoms with E-state index in [4.69, 9.17) is 0 Å². The summed E-state index contributed by atoms with van der Waals surface area (Å²) in [6, 6.07) is 10.1. The van der Waals surface area contributed by atoms with Crippen molar-refractivity contribution in [2.24, 2.45) is 0 Å². The van der Waals surface area contributed by atoms with Crippen molar-refractivity contribution < 1.29 is 4.79 Å². The molecule has 2 aromatic rings. The monoisotopic (exact) mass is 317 g/mol.